The van der Waals surface area contributed by atoms with Gasteiger partial charge >= 0.3 is 0 Å². The van der Waals surface area contributed by atoms with Crippen molar-refractivity contribution >= 4 is 51.9 Å². The number of carbonyl (C=O) groups excluding carboxylic acids is 1. The number of benzene rings is 3. The molecular formula is C26H22ClN3O5S. The summed E-state index contributed by atoms with van der Waals surface area (Å²) in [5.41, 5.74) is 3.29. The Hall–Kier alpha value is -3.82. The number of thioether (sulfide) groups is 1. The van der Waals surface area contributed by atoms with E-state index in [4.69, 9.17) is 21.1 Å². The van der Waals surface area contributed by atoms with Gasteiger partial charge in [-0.2, -0.15) is 0 Å². The van der Waals surface area contributed by atoms with Crippen molar-refractivity contribution in [3.63, 3.8) is 0 Å². The van der Waals surface area contributed by atoms with Gasteiger partial charge in [-0.3, -0.25) is 14.9 Å². The number of nitro groups is 1. The maximum absolute atomic E-state index is 12.5. The molecule has 1 aliphatic heterocycles. The highest BCUT2D eigenvalue weighted by Gasteiger charge is 2.24. The van der Waals surface area contributed by atoms with E-state index in [2.05, 4.69) is 10.3 Å². The van der Waals surface area contributed by atoms with Crippen molar-refractivity contribution in [2.75, 3.05) is 6.61 Å². The topological polar surface area (TPSA) is 103 Å². The molecule has 1 saturated heterocycles. The minimum absolute atomic E-state index is 0.00469. The van der Waals surface area contributed by atoms with E-state index in [0.29, 0.717) is 38.8 Å². The minimum Gasteiger partial charge on any atom is -0.490 e. The maximum atomic E-state index is 12.5. The van der Waals surface area contributed by atoms with Gasteiger partial charge in [0.1, 0.15) is 6.61 Å². The summed E-state index contributed by atoms with van der Waals surface area (Å²) in [6, 6.07) is 17.2. The van der Waals surface area contributed by atoms with Gasteiger partial charge in [0.05, 0.1) is 27.1 Å². The monoisotopic (exact) mass is 523 g/mol. The van der Waals surface area contributed by atoms with E-state index in [-0.39, 0.29) is 18.2 Å². The molecule has 0 unspecified atom stereocenters. The number of nitrogens with one attached hydrogen (secondary N) is 1. The van der Waals surface area contributed by atoms with Crippen LogP contribution in [-0.4, -0.2) is 22.6 Å². The number of carbonyl (C=O) groups is 1. The fraction of sp³-hybridized carbons (Fsp3) is 0.154. The van der Waals surface area contributed by atoms with Crippen LogP contribution in [0, 0.1) is 17.0 Å². The number of hydrogen-bond donors (Lipinski definition) is 1. The number of nitro benzene ring substituents is 1. The average Bonchev–Trinajstić information content (AvgIpc) is 3.18. The quantitative estimate of drug-likeness (QED) is 0.207. The van der Waals surface area contributed by atoms with Gasteiger partial charge in [-0.15, -0.1) is 0 Å². The Labute approximate surface area is 217 Å². The molecule has 1 fully saturated rings. The first-order valence-corrected chi connectivity index (χ1v) is 12.2. The van der Waals surface area contributed by atoms with E-state index in [1.54, 1.807) is 30.3 Å². The summed E-state index contributed by atoms with van der Waals surface area (Å²) in [4.78, 5) is 27.9. The summed E-state index contributed by atoms with van der Waals surface area (Å²) in [7, 11) is 0. The highest BCUT2D eigenvalue weighted by atomic mass is 35.5. The molecule has 10 heteroatoms. The van der Waals surface area contributed by atoms with Crippen molar-refractivity contribution in [2.24, 2.45) is 4.99 Å². The average molecular weight is 524 g/mol. The number of amides is 1. The predicted molar refractivity (Wildman–Crippen MR) is 142 cm³/mol. The van der Waals surface area contributed by atoms with Gasteiger partial charge in [0, 0.05) is 12.1 Å². The highest BCUT2D eigenvalue weighted by Crippen LogP contribution is 2.39. The van der Waals surface area contributed by atoms with Crippen LogP contribution in [0.5, 0.6) is 11.5 Å². The largest absolute Gasteiger partial charge is 0.490 e. The Bertz CT molecular complexity index is 1360. The summed E-state index contributed by atoms with van der Waals surface area (Å²) in [5, 5.41) is 14.4. The molecular weight excluding hydrogens is 502 g/mol. The van der Waals surface area contributed by atoms with Crippen LogP contribution in [0.1, 0.15) is 23.6 Å². The standard InChI is InChI=1S/C26H22ClN3O5S/c1-3-34-22-13-18(12-21(27)24(22)35-15-17-6-10-20(11-7-17)30(32)33)14-23-25(31)29-26(36-23)28-19-8-4-16(2)5-9-19/h4-14H,3,15H2,1-2H3,(H,28,29,31)/b23-14-. The lowest BCUT2D eigenvalue weighted by Gasteiger charge is -2.14. The van der Waals surface area contributed by atoms with E-state index in [1.165, 1.54) is 23.9 Å². The molecule has 0 aliphatic carbocycles. The molecule has 1 amide bonds. The number of halogens is 1. The Morgan fingerprint density at radius 2 is 1.83 bits per heavy atom. The molecule has 3 aromatic rings. The summed E-state index contributed by atoms with van der Waals surface area (Å²) in [5.74, 6) is 0.526. The summed E-state index contributed by atoms with van der Waals surface area (Å²) < 4.78 is 11.6. The first kappa shape index (κ1) is 25.3. The zero-order chi connectivity index (χ0) is 25.7. The molecule has 184 valence electrons. The van der Waals surface area contributed by atoms with Crippen molar-refractivity contribution in [2.45, 2.75) is 20.5 Å². The van der Waals surface area contributed by atoms with E-state index >= 15 is 0 Å². The van der Waals surface area contributed by atoms with Gasteiger partial charge in [-0.25, -0.2) is 4.99 Å². The molecule has 1 N–H and O–H groups in total. The van der Waals surface area contributed by atoms with Crippen molar-refractivity contribution in [1.29, 1.82) is 0 Å². The number of amidine groups is 1. The first-order chi connectivity index (χ1) is 17.3. The number of hydrogen-bond acceptors (Lipinski definition) is 7. The van der Waals surface area contributed by atoms with E-state index in [0.717, 1.165) is 16.8 Å². The maximum Gasteiger partial charge on any atom is 0.269 e. The van der Waals surface area contributed by atoms with Crippen LogP contribution >= 0.6 is 23.4 Å². The van der Waals surface area contributed by atoms with Crippen LogP contribution in [0.25, 0.3) is 6.08 Å². The van der Waals surface area contributed by atoms with Gasteiger partial charge in [0.2, 0.25) is 0 Å². The normalized spacial score (nSPS) is 15.2. The smallest absolute Gasteiger partial charge is 0.269 e. The number of aliphatic imine (C=N–C) groups is 1. The van der Waals surface area contributed by atoms with Crippen LogP contribution in [0.4, 0.5) is 11.4 Å². The number of aryl methyl sites for hydroxylation is 1. The van der Waals surface area contributed by atoms with Gasteiger partial charge in [-0.1, -0.05) is 29.3 Å². The molecule has 0 saturated carbocycles. The van der Waals surface area contributed by atoms with Crippen LogP contribution in [0.2, 0.25) is 5.02 Å². The highest BCUT2D eigenvalue weighted by molar-refractivity contribution is 8.18. The summed E-state index contributed by atoms with van der Waals surface area (Å²) >= 11 is 7.76. The second kappa shape index (κ2) is 11.3. The summed E-state index contributed by atoms with van der Waals surface area (Å²) in [6.07, 6.45) is 1.71. The van der Waals surface area contributed by atoms with Gasteiger partial charge in [0.25, 0.3) is 11.6 Å². The van der Waals surface area contributed by atoms with Crippen molar-refractivity contribution in [1.82, 2.24) is 5.32 Å². The fourth-order valence-electron chi connectivity index (χ4n) is 3.31. The molecule has 1 aliphatic rings. The van der Waals surface area contributed by atoms with E-state index in [1.807, 2.05) is 38.1 Å². The van der Waals surface area contributed by atoms with Crippen LogP contribution < -0.4 is 14.8 Å². The molecule has 4 rings (SSSR count). The summed E-state index contributed by atoms with van der Waals surface area (Å²) in [6.45, 7) is 4.37. The lowest BCUT2D eigenvalue weighted by molar-refractivity contribution is -0.384. The minimum atomic E-state index is -0.456. The van der Waals surface area contributed by atoms with E-state index < -0.39 is 4.92 Å². The van der Waals surface area contributed by atoms with Crippen molar-refractivity contribution in [3.8, 4) is 11.5 Å². The molecule has 0 atom stereocenters. The Kier molecular flexibility index (Phi) is 7.92. The fourth-order valence-corrected chi connectivity index (χ4v) is 4.43. The lowest BCUT2D eigenvalue weighted by Crippen LogP contribution is -2.19. The molecule has 0 aromatic heterocycles. The van der Waals surface area contributed by atoms with Gasteiger partial charge in [0.15, 0.2) is 16.7 Å². The van der Waals surface area contributed by atoms with Gasteiger partial charge in [-0.05, 0) is 79.2 Å². The molecule has 0 bridgehead atoms. The molecule has 0 radical (unpaired) electrons. The number of nitrogens with zero attached hydrogens (tertiary/aromatic N) is 2. The third-order valence-electron chi connectivity index (χ3n) is 5.08. The number of ether oxygens (including phenoxy) is 2. The Morgan fingerprint density at radius 1 is 1.11 bits per heavy atom. The predicted octanol–water partition coefficient (Wildman–Crippen LogP) is 6.43. The second-order valence-corrected chi connectivity index (χ2v) is 9.23. The molecule has 0 spiro atoms. The van der Waals surface area contributed by atoms with Crippen LogP contribution in [0.3, 0.4) is 0 Å². The second-order valence-electron chi connectivity index (χ2n) is 7.79. The van der Waals surface area contributed by atoms with E-state index in [9.17, 15) is 14.9 Å². The molecule has 3 aromatic carbocycles. The lowest BCUT2D eigenvalue weighted by atomic mass is 10.1. The molecule has 8 nitrogen and oxygen atoms in total. The zero-order valence-corrected chi connectivity index (χ0v) is 21.1. The number of non-ortho nitro benzene ring substituents is 1. The molecule has 36 heavy (non-hydrogen) atoms. The SMILES string of the molecule is CCOc1cc(/C=C2\SC(=Nc3ccc(C)cc3)NC2=O)cc(Cl)c1OCc1ccc([N+](=O)[O-])cc1. The van der Waals surface area contributed by atoms with Gasteiger partial charge < -0.3 is 14.8 Å². The zero-order valence-electron chi connectivity index (χ0n) is 19.5. The Balaban J connectivity index is 1.53. The van der Waals surface area contributed by atoms with Crippen molar-refractivity contribution < 1.29 is 19.2 Å². The third kappa shape index (κ3) is 6.24. The van der Waals surface area contributed by atoms with Crippen LogP contribution in [0.15, 0.2) is 70.6 Å². The molecule has 1 heterocycles. The third-order valence-corrected chi connectivity index (χ3v) is 6.27. The van der Waals surface area contributed by atoms with Crippen LogP contribution in [-0.2, 0) is 11.4 Å². The Morgan fingerprint density at radius 3 is 2.50 bits per heavy atom. The van der Waals surface area contributed by atoms with Crippen molar-refractivity contribution in [3.05, 3.63) is 97.4 Å². The number of rotatable bonds is 8. The first-order valence-electron chi connectivity index (χ1n) is 11.0.